The van der Waals surface area contributed by atoms with Crippen molar-refractivity contribution in [1.82, 2.24) is 0 Å². The molecule has 0 aliphatic rings. The van der Waals surface area contributed by atoms with Gasteiger partial charge in [-0.1, -0.05) is 0 Å². The molecule has 2 aromatic rings. The van der Waals surface area contributed by atoms with Gasteiger partial charge in [-0.15, -0.1) is 0 Å². The van der Waals surface area contributed by atoms with Gasteiger partial charge in [-0.2, -0.15) is 0 Å². The van der Waals surface area contributed by atoms with E-state index in [-0.39, 0.29) is 79.8 Å². The second kappa shape index (κ2) is 10.8. The molecule has 0 saturated heterocycles. The third kappa shape index (κ3) is 12.4. The van der Waals surface area contributed by atoms with Gasteiger partial charge in [0.15, 0.2) is 0 Å². The van der Waals surface area contributed by atoms with Crippen LogP contribution in [0, 0.1) is 0 Å². The third-order valence-electron chi connectivity index (χ3n) is 2.66. The van der Waals surface area contributed by atoms with E-state index >= 15 is 0 Å². The van der Waals surface area contributed by atoms with Gasteiger partial charge < -0.3 is 0 Å². The Hall–Kier alpha value is 1.36. The Labute approximate surface area is 196 Å². The van der Waals surface area contributed by atoms with E-state index in [0.717, 1.165) is 0 Å². The predicted octanol–water partition coefficient (Wildman–Crippen LogP) is -4.50. The molecule has 0 aliphatic carbocycles. The van der Waals surface area contributed by atoms with Crippen molar-refractivity contribution in [3.05, 3.63) is 60.7 Å². The Bertz CT molecular complexity index is 551. The summed E-state index contributed by atoms with van der Waals surface area (Å²) in [6.07, 6.45) is 0. The fourth-order valence-corrected chi connectivity index (χ4v) is 3.19. The van der Waals surface area contributed by atoms with E-state index in [2.05, 4.69) is 0 Å². The zero-order chi connectivity index (χ0) is 17.1. The first-order valence-corrected chi connectivity index (χ1v) is 11.1. The number of benzene rings is 2. The van der Waals surface area contributed by atoms with Crippen LogP contribution in [0.3, 0.4) is 0 Å². The van der Waals surface area contributed by atoms with Crippen LogP contribution in [0.15, 0.2) is 60.7 Å². The molecule has 0 atom stereocenters. The van der Waals surface area contributed by atoms with Gasteiger partial charge in [0.2, 0.25) is 0 Å². The van der Waals surface area contributed by atoms with Crippen molar-refractivity contribution in [2.24, 2.45) is 0 Å². The molecule has 11 heteroatoms. The molecule has 2 aromatic carbocycles. The number of hydrogen-bond acceptors (Lipinski definition) is 6. The topological polar surface area (TPSA) is 138 Å². The van der Waals surface area contributed by atoms with Crippen molar-refractivity contribution in [2.45, 2.75) is 0 Å². The van der Waals surface area contributed by atoms with E-state index in [9.17, 15) is 29.4 Å². The van der Waals surface area contributed by atoms with Crippen LogP contribution in [0.4, 0.5) is 0 Å². The van der Waals surface area contributed by atoms with Crippen LogP contribution in [0.2, 0.25) is 0 Å². The quantitative estimate of drug-likeness (QED) is 0.358. The van der Waals surface area contributed by atoms with E-state index < -0.39 is 14.6 Å². The van der Waals surface area contributed by atoms with Crippen molar-refractivity contribution in [3.8, 4) is 0 Å². The van der Waals surface area contributed by atoms with Crippen molar-refractivity contribution in [2.75, 3.05) is 13.3 Å². The summed E-state index contributed by atoms with van der Waals surface area (Å²) < 4.78 is 0. The minimum Gasteiger partial charge on any atom is 2.00 e. The average Bonchev–Trinajstić information content (AvgIpc) is 2.38. The normalized spacial score (nSPS) is 13.6. The second-order valence-corrected chi connectivity index (χ2v) is 11.3. The number of hydrogen-bond donors (Lipinski definition) is 0. The molecule has 0 aliphatic heterocycles. The Morgan fingerprint density at radius 3 is 0.800 bits per heavy atom. The summed E-state index contributed by atoms with van der Waals surface area (Å²) >= 11 is 0. The van der Waals surface area contributed by atoms with Crippen LogP contribution in [-0.2, 0) is 0 Å². The monoisotopic (exact) mass is 414 g/mol. The maximum atomic E-state index is 10.9. The molecule has 0 unspecified atom stereocenters. The van der Waals surface area contributed by atoms with E-state index in [1.54, 1.807) is 12.1 Å². The molecular formula is C14H16Mg3O6P2. The molecule has 0 spiro atoms. The first-order chi connectivity index (χ1) is 9.73. The largest absolute Gasteiger partial charge is 2.00 e. The molecular weight excluding hydrogens is 399 g/mol. The van der Waals surface area contributed by atoms with Crippen LogP contribution in [0.1, 0.15) is 0 Å². The summed E-state index contributed by atoms with van der Waals surface area (Å²) in [6, 6.07) is 14.6. The van der Waals surface area contributed by atoms with Crippen LogP contribution in [-0.4, -0.2) is 82.5 Å². The zero-order valence-corrected chi connectivity index (χ0v) is 20.3. The van der Waals surface area contributed by atoms with Crippen LogP contribution in [0.25, 0.3) is 0 Å². The standard InChI is InChI=1S/2C7H8O3P.3Mg/c2*1-11(8,9,10)7-5-3-2-4-6-7;;;/h2*2-6H,1H3;;;/q2*-3;3*+2. The van der Waals surface area contributed by atoms with E-state index in [4.69, 9.17) is 0 Å². The van der Waals surface area contributed by atoms with Gasteiger partial charge in [0, 0.05) is 0 Å². The molecule has 124 valence electrons. The van der Waals surface area contributed by atoms with Gasteiger partial charge in [-0.3, -0.25) is 0 Å². The summed E-state index contributed by atoms with van der Waals surface area (Å²) in [5, 5.41) is -0.308. The van der Waals surface area contributed by atoms with Crippen LogP contribution >= 0.6 is 14.6 Å². The average molecular weight is 415 g/mol. The van der Waals surface area contributed by atoms with E-state index in [1.807, 2.05) is 0 Å². The fourth-order valence-electron chi connectivity index (χ4n) is 1.52. The van der Waals surface area contributed by atoms with Crippen LogP contribution in [0.5, 0.6) is 0 Å². The van der Waals surface area contributed by atoms with Gasteiger partial charge in [0.05, 0.1) is 0 Å². The maximum absolute atomic E-state index is 10.9. The van der Waals surface area contributed by atoms with Gasteiger partial charge in [0.1, 0.15) is 0 Å². The summed E-state index contributed by atoms with van der Waals surface area (Å²) in [4.78, 5) is 65.4. The molecule has 6 nitrogen and oxygen atoms in total. The van der Waals surface area contributed by atoms with Gasteiger partial charge >= 0.3 is 198 Å². The smallest absolute Gasteiger partial charge is 2.00 e. The molecule has 0 heterocycles. The van der Waals surface area contributed by atoms with E-state index in [1.165, 1.54) is 48.5 Å². The van der Waals surface area contributed by atoms with Crippen LogP contribution < -0.4 is 40.0 Å². The van der Waals surface area contributed by atoms with Crippen molar-refractivity contribution in [1.29, 1.82) is 0 Å². The number of rotatable bonds is 2. The molecule has 0 saturated carbocycles. The minimum absolute atomic E-state index is 0. The molecule has 0 bridgehead atoms. The zero-order valence-electron chi connectivity index (χ0n) is 14.2. The molecule has 0 radical (unpaired) electrons. The van der Waals surface area contributed by atoms with Gasteiger partial charge in [-0.25, -0.2) is 0 Å². The summed E-state index contributed by atoms with van der Waals surface area (Å²) in [5.74, 6) is 0. The molecule has 0 fully saturated rings. The predicted molar refractivity (Wildman–Crippen MR) is 95.1 cm³/mol. The second-order valence-electron chi connectivity index (χ2n) is 5.21. The Balaban J connectivity index is -0.000000346. The van der Waals surface area contributed by atoms with Crippen molar-refractivity contribution in [3.63, 3.8) is 0 Å². The van der Waals surface area contributed by atoms with E-state index in [0.29, 0.717) is 13.3 Å². The molecule has 0 N–H and O–H groups in total. The maximum Gasteiger partial charge on any atom is 2.00 e. The summed E-state index contributed by atoms with van der Waals surface area (Å²) in [5.41, 5.74) is 0. The summed E-state index contributed by atoms with van der Waals surface area (Å²) in [7, 11) is -10.5. The summed E-state index contributed by atoms with van der Waals surface area (Å²) in [6.45, 7) is 1.42. The van der Waals surface area contributed by atoms with Gasteiger partial charge in [-0.05, 0) is 0 Å². The minimum atomic E-state index is -5.24. The van der Waals surface area contributed by atoms with Crippen molar-refractivity contribution < 1.29 is 29.4 Å². The Kier molecular flexibility index (Phi) is 13.4. The first-order valence-electron chi connectivity index (χ1n) is 6.26. The molecule has 25 heavy (non-hydrogen) atoms. The van der Waals surface area contributed by atoms with Crippen molar-refractivity contribution >= 4 is 94.3 Å². The molecule has 2 rings (SSSR count). The Morgan fingerprint density at radius 1 is 0.480 bits per heavy atom. The third-order valence-corrected chi connectivity index (χ3v) is 5.56. The molecule has 0 aromatic heterocycles. The Morgan fingerprint density at radius 2 is 0.680 bits per heavy atom. The first kappa shape index (κ1) is 31.1. The fraction of sp³-hybridized carbons (Fsp3) is 0.143. The molecule has 0 amide bonds. The van der Waals surface area contributed by atoms with Gasteiger partial charge in [0.25, 0.3) is 0 Å². The SMILES string of the molecule is CP([O-])([O-])([O-])c1ccccc1.CP([O-])([O-])([O-])c1ccccc1.[Mg+2].[Mg+2].[Mg+2].